The Balaban J connectivity index is 1.79. The lowest BCUT2D eigenvalue weighted by Gasteiger charge is -2.13. The third-order valence-corrected chi connectivity index (χ3v) is 5.79. The zero-order chi connectivity index (χ0) is 20.0. The van der Waals surface area contributed by atoms with Crippen LogP contribution in [-0.4, -0.2) is 24.3 Å². The number of hydrogen-bond donors (Lipinski definition) is 0. The average molecular weight is 403 g/mol. The highest BCUT2D eigenvalue weighted by Crippen LogP contribution is 2.26. The summed E-state index contributed by atoms with van der Waals surface area (Å²) < 4.78 is 8.48. The zero-order valence-corrected chi connectivity index (χ0v) is 16.7. The van der Waals surface area contributed by atoms with Crippen molar-refractivity contribution in [3.05, 3.63) is 82.0 Å². The Morgan fingerprint density at radius 2 is 1.93 bits per heavy atom. The van der Waals surface area contributed by atoms with Crippen molar-refractivity contribution in [2.24, 2.45) is 0 Å². The maximum atomic E-state index is 13.4. The molecule has 0 saturated carbocycles. The summed E-state index contributed by atoms with van der Waals surface area (Å²) in [5.74, 6) is 1.08. The van der Waals surface area contributed by atoms with Gasteiger partial charge in [0.2, 0.25) is 5.78 Å². The maximum absolute atomic E-state index is 13.4. The van der Waals surface area contributed by atoms with Crippen LogP contribution < -0.4 is 5.56 Å². The molecule has 0 fully saturated rings. The van der Waals surface area contributed by atoms with E-state index in [1.807, 2.05) is 60.7 Å². The summed E-state index contributed by atoms with van der Waals surface area (Å²) in [5, 5.41) is 14.0. The number of rotatable bonds is 4. The second kappa shape index (κ2) is 6.89. The van der Waals surface area contributed by atoms with E-state index < -0.39 is 0 Å². The first kappa shape index (κ1) is 17.7. The van der Waals surface area contributed by atoms with Gasteiger partial charge in [0.1, 0.15) is 6.26 Å². The number of para-hydroxylation sites is 1. The molecule has 0 bridgehead atoms. The second-order valence-electron chi connectivity index (χ2n) is 6.85. The minimum absolute atomic E-state index is 0.111. The molecule has 5 aromatic rings. The number of benzene rings is 2. The first-order chi connectivity index (χ1) is 14.1. The summed E-state index contributed by atoms with van der Waals surface area (Å²) in [6, 6.07) is 15.4. The molecule has 7 nitrogen and oxygen atoms in total. The van der Waals surface area contributed by atoms with Crippen LogP contribution in [0, 0.1) is 13.8 Å². The molecule has 0 aliphatic carbocycles. The second-order valence-corrected chi connectivity index (χ2v) is 7.79. The number of nitrogens with zero attached hydrogens (tertiary/aromatic N) is 5. The molecule has 0 aliphatic heterocycles. The number of aryl methyl sites for hydroxylation is 2. The van der Waals surface area contributed by atoms with Gasteiger partial charge in [-0.1, -0.05) is 46.7 Å². The number of aromatic nitrogens is 5. The minimum Gasteiger partial charge on any atom is -0.364 e. The van der Waals surface area contributed by atoms with Gasteiger partial charge >= 0.3 is 0 Å². The molecular weight excluding hydrogens is 386 g/mol. The van der Waals surface area contributed by atoms with E-state index >= 15 is 0 Å². The highest BCUT2D eigenvalue weighted by Gasteiger charge is 2.19. The molecule has 0 saturated heterocycles. The number of thioether (sulfide) groups is 1. The van der Waals surface area contributed by atoms with E-state index in [-0.39, 0.29) is 5.56 Å². The van der Waals surface area contributed by atoms with Crippen LogP contribution in [0.5, 0.6) is 0 Å². The van der Waals surface area contributed by atoms with Crippen LogP contribution in [0.3, 0.4) is 0 Å². The van der Waals surface area contributed by atoms with Gasteiger partial charge in [-0.25, -0.2) is 4.57 Å². The molecule has 2 aromatic carbocycles. The van der Waals surface area contributed by atoms with E-state index in [9.17, 15) is 4.79 Å². The van der Waals surface area contributed by atoms with Crippen LogP contribution in [0.25, 0.3) is 22.4 Å². The molecule has 0 unspecified atom stereocenters. The van der Waals surface area contributed by atoms with Gasteiger partial charge in [0.15, 0.2) is 5.16 Å². The normalized spacial score (nSPS) is 11.5. The third kappa shape index (κ3) is 2.92. The van der Waals surface area contributed by atoms with Crippen molar-refractivity contribution < 1.29 is 4.52 Å². The summed E-state index contributed by atoms with van der Waals surface area (Å²) in [6.45, 7) is 4.03. The quantitative estimate of drug-likeness (QED) is 0.423. The van der Waals surface area contributed by atoms with Crippen LogP contribution in [0.4, 0.5) is 0 Å². The van der Waals surface area contributed by atoms with E-state index in [4.69, 9.17) is 4.52 Å². The van der Waals surface area contributed by atoms with Crippen LogP contribution in [-0.2, 0) is 5.75 Å². The van der Waals surface area contributed by atoms with Gasteiger partial charge in [-0.3, -0.25) is 9.20 Å². The number of fused-ring (bicyclic) bond motifs is 3. The largest absolute Gasteiger partial charge is 0.364 e. The Kier molecular flexibility index (Phi) is 4.21. The fourth-order valence-corrected chi connectivity index (χ4v) is 4.33. The Bertz CT molecular complexity index is 1400. The SMILES string of the molecule is Cc1ccc(-n2c(=O)c3ccccc3n3c(SCc4ccon4)nnc23)c(C)c1. The van der Waals surface area contributed by atoms with E-state index in [0.717, 1.165) is 28.0 Å². The van der Waals surface area contributed by atoms with Gasteiger partial charge in [0.25, 0.3) is 5.56 Å². The van der Waals surface area contributed by atoms with Crippen molar-refractivity contribution in [3.63, 3.8) is 0 Å². The Morgan fingerprint density at radius 1 is 1.07 bits per heavy atom. The van der Waals surface area contributed by atoms with Crippen molar-refractivity contribution in [2.75, 3.05) is 0 Å². The molecule has 144 valence electrons. The molecule has 3 aromatic heterocycles. The third-order valence-electron chi connectivity index (χ3n) is 4.83. The monoisotopic (exact) mass is 403 g/mol. The highest BCUT2D eigenvalue weighted by molar-refractivity contribution is 7.98. The summed E-state index contributed by atoms with van der Waals surface area (Å²) in [7, 11) is 0. The molecular formula is C21H17N5O2S. The van der Waals surface area contributed by atoms with Crippen molar-refractivity contribution in [3.8, 4) is 5.69 Å². The fourth-order valence-electron chi connectivity index (χ4n) is 3.50. The van der Waals surface area contributed by atoms with Crippen LogP contribution >= 0.6 is 11.8 Å². The van der Waals surface area contributed by atoms with E-state index in [0.29, 0.717) is 22.1 Å². The molecule has 0 spiro atoms. The van der Waals surface area contributed by atoms with Gasteiger partial charge in [0, 0.05) is 11.8 Å². The predicted molar refractivity (Wildman–Crippen MR) is 112 cm³/mol. The van der Waals surface area contributed by atoms with Crippen LogP contribution in [0.1, 0.15) is 16.8 Å². The molecule has 5 rings (SSSR count). The Morgan fingerprint density at radius 3 is 2.72 bits per heavy atom. The standard InChI is InChI=1S/C21H17N5O2S/c1-13-7-8-17(14(2)11-13)25-19(27)16-5-3-4-6-18(16)26-20(25)22-23-21(26)29-12-15-9-10-28-24-15/h3-11H,12H2,1-2H3. The van der Waals surface area contributed by atoms with Crippen LogP contribution in [0.2, 0.25) is 0 Å². The summed E-state index contributed by atoms with van der Waals surface area (Å²) >= 11 is 1.50. The van der Waals surface area contributed by atoms with Crippen LogP contribution in [0.15, 0.2) is 69.3 Å². The van der Waals surface area contributed by atoms with E-state index in [1.165, 1.54) is 11.8 Å². The first-order valence-electron chi connectivity index (χ1n) is 9.12. The van der Waals surface area contributed by atoms with Gasteiger partial charge in [0.05, 0.1) is 22.3 Å². The number of hydrogen-bond acceptors (Lipinski definition) is 6. The lowest BCUT2D eigenvalue weighted by molar-refractivity contribution is 0.414. The van der Waals surface area contributed by atoms with E-state index in [1.54, 1.807) is 10.8 Å². The lowest BCUT2D eigenvalue weighted by atomic mass is 10.1. The first-order valence-corrected chi connectivity index (χ1v) is 10.1. The molecule has 0 N–H and O–H groups in total. The molecule has 29 heavy (non-hydrogen) atoms. The predicted octanol–water partition coefficient (Wildman–Crippen LogP) is 3.93. The fraction of sp³-hybridized carbons (Fsp3) is 0.143. The molecule has 3 heterocycles. The van der Waals surface area contributed by atoms with Gasteiger partial charge in [-0.05, 0) is 37.6 Å². The molecule has 0 radical (unpaired) electrons. The van der Waals surface area contributed by atoms with E-state index in [2.05, 4.69) is 21.4 Å². The molecule has 0 amide bonds. The van der Waals surface area contributed by atoms with Gasteiger partial charge in [-0.2, -0.15) is 0 Å². The molecule has 8 heteroatoms. The van der Waals surface area contributed by atoms with Crippen molar-refractivity contribution in [2.45, 2.75) is 24.8 Å². The summed E-state index contributed by atoms with van der Waals surface area (Å²) in [6.07, 6.45) is 1.55. The van der Waals surface area contributed by atoms with Gasteiger partial charge < -0.3 is 4.52 Å². The lowest BCUT2D eigenvalue weighted by Crippen LogP contribution is -2.22. The molecule has 0 atom stereocenters. The highest BCUT2D eigenvalue weighted by atomic mass is 32.2. The van der Waals surface area contributed by atoms with Crippen molar-refractivity contribution >= 4 is 28.4 Å². The van der Waals surface area contributed by atoms with Crippen molar-refractivity contribution in [1.29, 1.82) is 0 Å². The van der Waals surface area contributed by atoms with Crippen molar-refractivity contribution in [1.82, 2.24) is 24.3 Å². The smallest absolute Gasteiger partial charge is 0.267 e. The minimum atomic E-state index is -0.111. The Hall–Kier alpha value is -3.39. The summed E-state index contributed by atoms with van der Waals surface area (Å²) in [5.41, 5.74) is 4.43. The molecule has 0 aliphatic rings. The maximum Gasteiger partial charge on any atom is 0.267 e. The van der Waals surface area contributed by atoms with Gasteiger partial charge in [-0.15, -0.1) is 10.2 Å². The summed E-state index contributed by atoms with van der Waals surface area (Å²) in [4.78, 5) is 13.4. The Labute approximate surface area is 170 Å². The average Bonchev–Trinajstić information content (AvgIpc) is 3.38. The topological polar surface area (TPSA) is 78.2 Å². The zero-order valence-electron chi connectivity index (χ0n) is 15.9.